The number of nitrogens with zero attached hydrogens (tertiary/aromatic N) is 1. The number of carbonyl (C=O) groups is 1. The van der Waals surface area contributed by atoms with Crippen molar-refractivity contribution in [2.75, 3.05) is 19.6 Å². The molecule has 94 valence electrons. The van der Waals surface area contributed by atoms with E-state index in [1.54, 1.807) is 20.8 Å². The highest BCUT2D eigenvalue weighted by molar-refractivity contribution is 5.68. The summed E-state index contributed by atoms with van der Waals surface area (Å²) in [5, 5.41) is 0. The van der Waals surface area contributed by atoms with E-state index in [4.69, 9.17) is 10.5 Å². The van der Waals surface area contributed by atoms with E-state index in [0.29, 0.717) is 19.4 Å². The first-order chi connectivity index (χ1) is 7.26. The molecule has 0 bridgehead atoms. The molecule has 1 heterocycles. The quantitative estimate of drug-likeness (QED) is 0.748. The van der Waals surface area contributed by atoms with E-state index >= 15 is 0 Å². The van der Waals surface area contributed by atoms with Crippen molar-refractivity contribution < 1.29 is 13.9 Å². The number of likely N-dealkylation sites (tertiary alicyclic amines) is 1. The van der Waals surface area contributed by atoms with E-state index in [1.165, 1.54) is 4.90 Å². The summed E-state index contributed by atoms with van der Waals surface area (Å²) >= 11 is 0. The summed E-state index contributed by atoms with van der Waals surface area (Å²) in [4.78, 5) is 13.1. The Morgan fingerprint density at radius 3 is 2.69 bits per heavy atom. The summed E-state index contributed by atoms with van der Waals surface area (Å²) in [7, 11) is 0. The van der Waals surface area contributed by atoms with Crippen molar-refractivity contribution in [3.8, 4) is 0 Å². The first-order valence-electron chi connectivity index (χ1n) is 5.63. The Hall–Kier alpha value is -0.840. The van der Waals surface area contributed by atoms with Crippen LogP contribution >= 0.6 is 0 Å². The second-order valence-corrected chi connectivity index (χ2v) is 5.36. The lowest BCUT2D eigenvalue weighted by atomic mass is 9.95. The van der Waals surface area contributed by atoms with E-state index in [-0.39, 0.29) is 13.1 Å². The predicted molar refractivity (Wildman–Crippen MR) is 59.9 cm³/mol. The van der Waals surface area contributed by atoms with Crippen LogP contribution in [0.3, 0.4) is 0 Å². The number of nitrogens with two attached hydrogens (primary N) is 1. The van der Waals surface area contributed by atoms with Crippen LogP contribution < -0.4 is 5.73 Å². The Balaban J connectivity index is 2.57. The number of alkyl halides is 1. The molecule has 0 radical (unpaired) electrons. The molecule has 16 heavy (non-hydrogen) atoms. The summed E-state index contributed by atoms with van der Waals surface area (Å²) in [6.45, 7) is 5.91. The topological polar surface area (TPSA) is 55.6 Å². The first kappa shape index (κ1) is 13.2. The van der Waals surface area contributed by atoms with Gasteiger partial charge in [0.15, 0.2) is 0 Å². The molecule has 0 aromatic carbocycles. The van der Waals surface area contributed by atoms with Crippen molar-refractivity contribution in [2.24, 2.45) is 5.73 Å². The zero-order valence-corrected chi connectivity index (χ0v) is 10.3. The van der Waals surface area contributed by atoms with Crippen molar-refractivity contribution >= 4 is 6.09 Å². The van der Waals surface area contributed by atoms with Gasteiger partial charge in [0.05, 0.1) is 6.54 Å². The van der Waals surface area contributed by atoms with Gasteiger partial charge >= 0.3 is 6.09 Å². The molecular weight excluding hydrogens is 211 g/mol. The van der Waals surface area contributed by atoms with E-state index in [9.17, 15) is 9.18 Å². The van der Waals surface area contributed by atoms with Crippen LogP contribution in [0.4, 0.5) is 9.18 Å². The van der Waals surface area contributed by atoms with Crippen LogP contribution in [0.25, 0.3) is 0 Å². The highest BCUT2D eigenvalue weighted by Crippen LogP contribution is 2.25. The maximum Gasteiger partial charge on any atom is 0.410 e. The molecule has 0 saturated carbocycles. The van der Waals surface area contributed by atoms with Crippen molar-refractivity contribution in [3.63, 3.8) is 0 Å². The third-order valence-electron chi connectivity index (χ3n) is 2.54. The molecule has 0 spiro atoms. The fraction of sp³-hybridized carbons (Fsp3) is 0.909. The number of ether oxygens (including phenoxy) is 1. The summed E-state index contributed by atoms with van der Waals surface area (Å²) in [5.74, 6) is 0. The van der Waals surface area contributed by atoms with Crippen molar-refractivity contribution in [1.29, 1.82) is 0 Å². The normalized spacial score (nSPS) is 26.7. The lowest BCUT2D eigenvalue weighted by Crippen LogP contribution is -2.52. The van der Waals surface area contributed by atoms with Gasteiger partial charge in [-0.05, 0) is 33.6 Å². The van der Waals surface area contributed by atoms with Crippen LogP contribution in [0.5, 0.6) is 0 Å². The highest BCUT2D eigenvalue weighted by Gasteiger charge is 2.37. The fourth-order valence-corrected chi connectivity index (χ4v) is 1.74. The minimum Gasteiger partial charge on any atom is -0.444 e. The lowest BCUT2D eigenvalue weighted by molar-refractivity contribution is -0.00301. The van der Waals surface area contributed by atoms with Gasteiger partial charge in [0, 0.05) is 13.1 Å². The number of hydrogen-bond donors (Lipinski definition) is 1. The lowest BCUT2D eigenvalue weighted by Gasteiger charge is -2.37. The van der Waals surface area contributed by atoms with Gasteiger partial charge in [-0.3, -0.25) is 0 Å². The number of amides is 1. The molecule has 0 unspecified atom stereocenters. The van der Waals surface area contributed by atoms with Gasteiger partial charge in [0.1, 0.15) is 11.3 Å². The maximum absolute atomic E-state index is 14.0. The van der Waals surface area contributed by atoms with Gasteiger partial charge in [-0.15, -0.1) is 0 Å². The zero-order chi connectivity index (χ0) is 12.4. The van der Waals surface area contributed by atoms with Crippen LogP contribution in [-0.4, -0.2) is 41.9 Å². The molecule has 1 aliphatic rings. The number of rotatable bonds is 1. The van der Waals surface area contributed by atoms with Gasteiger partial charge in [0.2, 0.25) is 0 Å². The molecule has 1 saturated heterocycles. The standard InChI is InChI=1S/C11H21FN2O2/c1-10(2,3)16-9(15)14-6-4-5-11(12,7-13)8-14/h4-8,13H2,1-3H3/t11-/m1/s1. The smallest absolute Gasteiger partial charge is 0.410 e. The molecule has 5 heteroatoms. The van der Waals surface area contributed by atoms with E-state index < -0.39 is 17.4 Å². The molecular formula is C11H21FN2O2. The molecule has 0 aromatic rings. The van der Waals surface area contributed by atoms with E-state index in [2.05, 4.69) is 0 Å². The Labute approximate surface area is 95.9 Å². The van der Waals surface area contributed by atoms with Crippen molar-refractivity contribution in [1.82, 2.24) is 4.90 Å². The van der Waals surface area contributed by atoms with Crippen molar-refractivity contribution in [3.05, 3.63) is 0 Å². The van der Waals surface area contributed by atoms with Gasteiger partial charge in [-0.2, -0.15) is 0 Å². The second-order valence-electron chi connectivity index (χ2n) is 5.36. The average Bonchev–Trinajstić information content (AvgIpc) is 2.15. The number of piperidine rings is 1. The van der Waals surface area contributed by atoms with Gasteiger partial charge in [-0.25, -0.2) is 9.18 Å². The molecule has 0 aliphatic carbocycles. The molecule has 1 amide bonds. The highest BCUT2D eigenvalue weighted by atomic mass is 19.1. The third kappa shape index (κ3) is 3.63. The number of halogens is 1. The van der Waals surface area contributed by atoms with E-state index in [1.807, 2.05) is 0 Å². The van der Waals surface area contributed by atoms with Crippen LogP contribution in [0.15, 0.2) is 0 Å². The maximum atomic E-state index is 14.0. The van der Waals surface area contributed by atoms with Gasteiger partial charge in [0.25, 0.3) is 0 Å². The van der Waals surface area contributed by atoms with Crippen LogP contribution in [0.2, 0.25) is 0 Å². The first-order valence-corrected chi connectivity index (χ1v) is 5.63. The molecule has 1 fully saturated rings. The molecule has 1 aliphatic heterocycles. The van der Waals surface area contributed by atoms with Crippen molar-refractivity contribution in [2.45, 2.75) is 44.9 Å². The fourth-order valence-electron chi connectivity index (χ4n) is 1.74. The van der Waals surface area contributed by atoms with Crippen LogP contribution in [0, 0.1) is 0 Å². The molecule has 1 atom stereocenters. The largest absolute Gasteiger partial charge is 0.444 e. The average molecular weight is 232 g/mol. The molecule has 4 nitrogen and oxygen atoms in total. The summed E-state index contributed by atoms with van der Waals surface area (Å²) in [6, 6.07) is 0. The molecule has 2 N–H and O–H groups in total. The zero-order valence-electron chi connectivity index (χ0n) is 10.3. The summed E-state index contributed by atoms with van der Waals surface area (Å²) in [5.41, 5.74) is 3.38. The number of hydrogen-bond acceptors (Lipinski definition) is 3. The van der Waals surface area contributed by atoms with Gasteiger partial charge in [-0.1, -0.05) is 0 Å². The van der Waals surface area contributed by atoms with Gasteiger partial charge < -0.3 is 15.4 Å². The minimum atomic E-state index is -1.45. The Kier molecular flexibility index (Phi) is 3.78. The predicted octanol–water partition coefficient (Wildman–Crippen LogP) is 1.68. The van der Waals surface area contributed by atoms with Crippen LogP contribution in [0.1, 0.15) is 33.6 Å². The molecule has 0 aromatic heterocycles. The summed E-state index contributed by atoms with van der Waals surface area (Å²) in [6.07, 6.45) is 0.595. The second kappa shape index (κ2) is 4.57. The Morgan fingerprint density at radius 2 is 2.19 bits per heavy atom. The SMILES string of the molecule is CC(C)(C)OC(=O)N1CCC[C@@](F)(CN)C1. The third-order valence-corrected chi connectivity index (χ3v) is 2.54. The molecule has 1 rings (SSSR count). The Morgan fingerprint density at radius 1 is 1.56 bits per heavy atom. The van der Waals surface area contributed by atoms with Crippen LogP contribution in [-0.2, 0) is 4.74 Å². The minimum absolute atomic E-state index is 0.0401. The monoisotopic (exact) mass is 232 g/mol. The summed E-state index contributed by atoms with van der Waals surface area (Å²) < 4.78 is 19.2. The number of carbonyl (C=O) groups excluding carboxylic acids is 1. The Bertz CT molecular complexity index is 265. The van der Waals surface area contributed by atoms with E-state index in [0.717, 1.165) is 0 Å².